The molecule has 15 nitrogen and oxygen atoms in total. The van der Waals surface area contributed by atoms with Crippen LogP contribution in [0.5, 0.6) is 5.75 Å². The van der Waals surface area contributed by atoms with Gasteiger partial charge in [-0.15, -0.1) is 11.3 Å². The maximum absolute atomic E-state index is 14.5. The summed E-state index contributed by atoms with van der Waals surface area (Å²) in [5.41, 5.74) is -0.165. The summed E-state index contributed by atoms with van der Waals surface area (Å²) < 4.78 is 27.9. The van der Waals surface area contributed by atoms with Crippen LogP contribution in [0.2, 0.25) is 0 Å². The van der Waals surface area contributed by atoms with E-state index in [0.29, 0.717) is 43.4 Å². The van der Waals surface area contributed by atoms with E-state index in [4.69, 9.17) is 23.7 Å². The molecule has 1 aliphatic rings. The van der Waals surface area contributed by atoms with Gasteiger partial charge in [-0.25, -0.2) is 14.4 Å². The van der Waals surface area contributed by atoms with Gasteiger partial charge in [-0.3, -0.25) is 14.4 Å². The highest BCUT2D eigenvalue weighted by molar-refractivity contribution is 7.12. The third-order valence-electron chi connectivity index (χ3n) is 9.88. The normalized spacial score (nSPS) is 13.4. The smallest absolute Gasteiger partial charge is 0.436 e. The van der Waals surface area contributed by atoms with Gasteiger partial charge < -0.3 is 33.9 Å². The van der Waals surface area contributed by atoms with Gasteiger partial charge in [0.05, 0.1) is 13.0 Å². The van der Waals surface area contributed by atoms with E-state index < -0.39 is 52.9 Å². The summed E-state index contributed by atoms with van der Waals surface area (Å²) in [6, 6.07) is 23.7. The number of ether oxygens (including phenoxy) is 5. The van der Waals surface area contributed by atoms with Crippen LogP contribution < -0.4 is 10.1 Å². The number of rotatable bonds is 14. The van der Waals surface area contributed by atoms with Crippen molar-refractivity contribution in [2.75, 3.05) is 13.2 Å². The number of benzene rings is 3. The van der Waals surface area contributed by atoms with Crippen LogP contribution in [-0.2, 0) is 61.0 Å². The zero-order valence-corrected chi connectivity index (χ0v) is 41.6. The molecule has 0 aliphatic carbocycles. The Labute approximate surface area is 403 Å². The van der Waals surface area contributed by atoms with Crippen molar-refractivity contribution in [2.45, 2.75) is 137 Å². The van der Waals surface area contributed by atoms with E-state index in [-0.39, 0.29) is 35.8 Å². The number of nitrogens with zero attached hydrogens (tertiary/aromatic N) is 3. The van der Waals surface area contributed by atoms with E-state index in [1.807, 2.05) is 67.6 Å². The second-order valence-corrected chi connectivity index (χ2v) is 20.6. The van der Waals surface area contributed by atoms with Crippen molar-refractivity contribution >= 4 is 53.2 Å². The highest BCUT2D eigenvalue weighted by atomic mass is 32.1. The minimum atomic E-state index is -1.17. The molecule has 0 saturated heterocycles. The number of esters is 1. The fourth-order valence-electron chi connectivity index (χ4n) is 6.80. The summed E-state index contributed by atoms with van der Waals surface area (Å²) >= 11 is 1.55. The average Bonchev–Trinajstić information content (AvgIpc) is 3.65. The second kappa shape index (κ2) is 23.0. The standard InChI is InChI=1S/C52H64N4O11S/c1-11-12-28-63-43(57)31-40-30-38-32-55(27-26-42(38)68-40)46(59)41(29-34-18-24-39(25-19-34)64-33-35-16-14-13-15-17-35)53-45(58)37-22-20-36(21-23-37)44(54-47(60)65-50(2,3)4)56(48(61)66-51(5,6)7)49(62)67-52(8,9)10/h13-25,30,41H,11-12,26-29,31-33H2,1-10H3,(H,53,58)/t41-/m0/s1. The molecule has 1 N–H and O–H groups in total. The molecule has 0 saturated carbocycles. The van der Waals surface area contributed by atoms with Crippen LogP contribution in [0.1, 0.15) is 124 Å². The molecule has 4 aromatic rings. The van der Waals surface area contributed by atoms with Gasteiger partial charge in [0.25, 0.3) is 5.91 Å². The molecule has 1 aromatic heterocycles. The molecule has 0 unspecified atom stereocenters. The largest absolute Gasteiger partial charge is 0.489 e. The Morgan fingerprint density at radius 3 is 1.96 bits per heavy atom. The minimum absolute atomic E-state index is 0.0693. The van der Waals surface area contributed by atoms with Crippen LogP contribution >= 0.6 is 11.3 Å². The first-order chi connectivity index (χ1) is 32.0. The molecule has 1 atom stereocenters. The van der Waals surface area contributed by atoms with E-state index in [1.54, 1.807) is 78.6 Å². The maximum atomic E-state index is 14.5. The summed E-state index contributed by atoms with van der Waals surface area (Å²) in [6.45, 7) is 18.1. The van der Waals surface area contributed by atoms with Gasteiger partial charge in [0, 0.05) is 40.4 Å². The molecular weight excluding hydrogens is 889 g/mol. The van der Waals surface area contributed by atoms with E-state index >= 15 is 0 Å². The summed E-state index contributed by atoms with van der Waals surface area (Å²) in [4.78, 5) is 90.1. The number of carbonyl (C=O) groups is 6. The number of unbranched alkanes of at least 4 members (excludes halogenated alkanes) is 1. The molecule has 3 aromatic carbocycles. The molecule has 0 bridgehead atoms. The van der Waals surface area contributed by atoms with E-state index in [9.17, 15) is 28.8 Å². The SMILES string of the molecule is CCCCOC(=O)Cc1cc2c(s1)CCN(C(=O)[C@H](Cc1ccc(OCc3ccccc3)cc1)NC(=O)c1ccc(C(=NC(=O)OC(C)(C)C)N(C(=O)OC(C)(C)C)C(=O)OC(C)(C)C)cc1)C2. The van der Waals surface area contributed by atoms with Crippen LogP contribution in [0.3, 0.4) is 0 Å². The van der Waals surface area contributed by atoms with Crippen molar-refractivity contribution in [3.05, 3.63) is 123 Å². The Morgan fingerprint density at radius 1 is 0.765 bits per heavy atom. The van der Waals surface area contributed by atoms with Crippen molar-refractivity contribution in [2.24, 2.45) is 4.99 Å². The highest BCUT2D eigenvalue weighted by Gasteiger charge is 2.37. The number of imide groups is 1. The van der Waals surface area contributed by atoms with Gasteiger partial charge >= 0.3 is 24.2 Å². The number of thiophene rings is 1. The minimum Gasteiger partial charge on any atom is -0.489 e. The first kappa shape index (κ1) is 52.4. The number of aliphatic imine (C=N–C) groups is 1. The van der Waals surface area contributed by atoms with Gasteiger partial charge in [0.2, 0.25) is 5.91 Å². The number of nitrogens with one attached hydrogen (secondary N) is 1. The number of fused-ring (bicyclic) bond motifs is 1. The summed E-state index contributed by atoms with van der Waals surface area (Å²) in [7, 11) is 0. The van der Waals surface area contributed by atoms with Gasteiger partial charge in [-0.1, -0.05) is 67.9 Å². The predicted molar refractivity (Wildman–Crippen MR) is 259 cm³/mol. The summed E-state index contributed by atoms with van der Waals surface area (Å²) in [6.07, 6.45) is -0.811. The molecule has 2 heterocycles. The lowest BCUT2D eigenvalue weighted by atomic mass is 10.0. The lowest BCUT2D eigenvalue weighted by Gasteiger charge is -2.31. The van der Waals surface area contributed by atoms with E-state index in [0.717, 1.165) is 39.3 Å². The van der Waals surface area contributed by atoms with Crippen LogP contribution in [0, 0.1) is 0 Å². The zero-order chi connectivity index (χ0) is 49.8. The van der Waals surface area contributed by atoms with Crippen molar-refractivity contribution in [3.8, 4) is 5.75 Å². The summed E-state index contributed by atoms with van der Waals surface area (Å²) in [5, 5.41) is 2.95. The predicted octanol–water partition coefficient (Wildman–Crippen LogP) is 9.99. The molecule has 0 spiro atoms. The van der Waals surface area contributed by atoms with Crippen LogP contribution in [-0.4, -0.2) is 87.7 Å². The monoisotopic (exact) mass is 952 g/mol. The molecule has 5 rings (SSSR count). The Hall–Kier alpha value is -6.55. The topological polar surface area (TPSA) is 179 Å². The Kier molecular flexibility index (Phi) is 17.7. The van der Waals surface area contributed by atoms with Crippen LogP contribution in [0.25, 0.3) is 0 Å². The van der Waals surface area contributed by atoms with Gasteiger partial charge in [0.1, 0.15) is 35.2 Å². The molecular formula is C52H64N4O11S. The highest BCUT2D eigenvalue weighted by Crippen LogP contribution is 2.30. The lowest BCUT2D eigenvalue weighted by molar-refractivity contribution is -0.142. The van der Waals surface area contributed by atoms with E-state index in [2.05, 4.69) is 10.3 Å². The third kappa shape index (κ3) is 16.4. The van der Waals surface area contributed by atoms with Gasteiger partial charge in [-0.05, 0) is 122 Å². The van der Waals surface area contributed by atoms with E-state index in [1.165, 1.54) is 24.3 Å². The maximum Gasteiger partial charge on any atom is 0.436 e. The molecule has 5 amide bonds. The van der Waals surface area contributed by atoms with Gasteiger partial charge in [-0.2, -0.15) is 9.89 Å². The molecule has 68 heavy (non-hydrogen) atoms. The molecule has 364 valence electrons. The Balaban J connectivity index is 1.43. The Morgan fingerprint density at radius 2 is 1.37 bits per heavy atom. The van der Waals surface area contributed by atoms with Gasteiger partial charge in [0.15, 0.2) is 5.84 Å². The second-order valence-electron chi connectivity index (χ2n) is 19.4. The third-order valence-corrected chi connectivity index (χ3v) is 11.1. The number of hydrogen-bond donors (Lipinski definition) is 1. The molecule has 1 aliphatic heterocycles. The number of carbonyl (C=O) groups excluding carboxylic acids is 6. The quantitative estimate of drug-likeness (QED) is 0.0418. The molecule has 0 fully saturated rings. The number of amidine groups is 1. The first-order valence-electron chi connectivity index (χ1n) is 22.8. The molecule has 0 radical (unpaired) electrons. The van der Waals surface area contributed by atoms with Crippen LogP contribution in [0.15, 0.2) is 89.9 Å². The number of amides is 5. The van der Waals surface area contributed by atoms with Crippen molar-refractivity contribution < 1.29 is 52.5 Å². The van der Waals surface area contributed by atoms with Crippen molar-refractivity contribution in [1.82, 2.24) is 15.1 Å². The fraction of sp³-hybridized carbons (Fsp3) is 0.442. The summed E-state index contributed by atoms with van der Waals surface area (Å²) in [5.74, 6) is -0.992. The molecule has 16 heteroatoms. The van der Waals surface area contributed by atoms with Crippen LogP contribution in [0.4, 0.5) is 14.4 Å². The van der Waals surface area contributed by atoms with Crippen molar-refractivity contribution in [1.29, 1.82) is 0 Å². The first-order valence-corrected chi connectivity index (χ1v) is 23.6. The fourth-order valence-corrected chi connectivity index (χ4v) is 7.96. The lowest BCUT2D eigenvalue weighted by Crippen LogP contribution is -2.50. The Bertz CT molecular complexity index is 2400. The van der Waals surface area contributed by atoms with Crippen molar-refractivity contribution in [3.63, 3.8) is 0 Å². The number of hydrogen-bond acceptors (Lipinski definition) is 12. The zero-order valence-electron chi connectivity index (χ0n) is 40.8. The average molecular weight is 953 g/mol.